The Kier molecular flexibility index (Phi) is 9.94. The van der Waals surface area contributed by atoms with Crippen molar-refractivity contribution in [1.29, 1.82) is 0 Å². The Morgan fingerprint density at radius 2 is 1.35 bits per heavy atom. The predicted octanol–water partition coefficient (Wildman–Crippen LogP) is 3.52. The van der Waals surface area contributed by atoms with Gasteiger partial charge < -0.3 is 10.2 Å². The van der Waals surface area contributed by atoms with Gasteiger partial charge in [0, 0.05) is 50.9 Å². The number of hydrogen-bond donors (Lipinski definition) is 2. The summed E-state index contributed by atoms with van der Waals surface area (Å²) in [7, 11) is 0. The van der Waals surface area contributed by atoms with Crippen LogP contribution < -0.4 is 0 Å². The molecule has 1 aliphatic rings. The zero-order chi connectivity index (χ0) is 22.6. The first-order chi connectivity index (χ1) is 14.8. The highest BCUT2D eigenvalue weighted by Gasteiger charge is 2.19. The Bertz CT molecular complexity index is 841. The molecule has 0 spiro atoms. The molecule has 0 aromatic heterocycles. The van der Waals surface area contributed by atoms with Gasteiger partial charge in [0.05, 0.1) is 0 Å². The van der Waals surface area contributed by atoms with Crippen LogP contribution in [0.2, 0.25) is 0 Å². The van der Waals surface area contributed by atoms with Crippen LogP contribution >= 0.6 is 0 Å². The fourth-order valence-electron chi connectivity index (χ4n) is 3.52. The minimum absolute atomic E-state index is 0.558. The Balaban J connectivity index is 0.000000366. The average molecular weight is 425 g/mol. The maximum atomic E-state index is 9.55. The molecule has 0 saturated carbocycles. The van der Waals surface area contributed by atoms with E-state index in [-0.39, 0.29) is 0 Å². The molecule has 1 saturated heterocycles. The number of aliphatic carboxylic acids is 2. The van der Waals surface area contributed by atoms with Gasteiger partial charge in [-0.05, 0) is 37.0 Å². The SMILES string of the molecule is CC(C)N1CCN(Cc2ccccc2Cc2ccccc2)CC1.O=C(O)/C=C/C(=O)O. The van der Waals surface area contributed by atoms with E-state index in [1.807, 2.05) is 0 Å². The zero-order valence-electron chi connectivity index (χ0n) is 18.3. The molecular formula is C25H32N2O4. The summed E-state index contributed by atoms with van der Waals surface area (Å²) in [6.45, 7) is 10.4. The van der Waals surface area contributed by atoms with Crippen molar-refractivity contribution in [2.45, 2.75) is 32.9 Å². The van der Waals surface area contributed by atoms with Gasteiger partial charge >= 0.3 is 11.9 Å². The summed E-state index contributed by atoms with van der Waals surface area (Å²) in [5.74, 6) is -2.51. The molecule has 2 N–H and O–H groups in total. The molecule has 2 aromatic rings. The lowest BCUT2D eigenvalue weighted by molar-refractivity contribution is -0.134. The Hall–Kier alpha value is -2.96. The average Bonchev–Trinajstić information content (AvgIpc) is 2.75. The van der Waals surface area contributed by atoms with Gasteiger partial charge in [-0.15, -0.1) is 0 Å². The van der Waals surface area contributed by atoms with Crippen LogP contribution in [-0.2, 0) is 22.6 Å². The Morgan fingerprint density at radius 1 is 0.839 bits per heavy atom. The fourth-order valence-corrected chi connectivity index (χ4v) is 3.52. The Morgan fingerprint density at radius 3 is 1.87 bits per heavy atom. The van der Waals surface area contributed by atoms with Gasteiger partial charge in [0.2, 0.25) is 0 Å². The van der Waals surface area contributed by atoms with Crippen LogP contribution in [0.1, 0.15) is 30.5 Å². The lowest BCUT2D eigenvalue weighted by Gasteiger charge is -2.37. The van der Waals surface area contributed by atoms with Crippen molar-refractivity contribution in [2.75, 3.05) is 26.2 Å². The molecule has 0 unspecified atom stereocenters. The third kappa shape index (κ3) is 9.15. The molecule has 1 aliphatic heterocycles. The number of nitrogens with zero attached hydrogens (tertiary/aromatic N) is 2. The summed E-state index contributed by atoms with van der Waals surface area (Å²) in [5, 5.41) is 15.6. The van der Waals surface area contributed by atoms with Crippen LogP contribution in [0.25, 0.3) is 0 Å². The second-order valence-corrected chi connectivity index (χ2v) is 7.85. The van der Waals surface area contributed by atoms with Crippen LogP contribution in [0.15, 0.2) is 66.7 Å². The van der Waals surface area contributed by atoms with Crippen LogP contribution in [-0.4, -0.2) is 64.2 Å². The topological polar surface area (TPSA) is 81.1 Å². The molecule has 0 amide bonds. The quantitative estimate of drug-likeness (QED) is 0.662. The second-order valence-electron chi connectivity index (χ2n) is 7.85. The minimum Gasteiger partial charge on any atom is -0.478 e. The van der Waals surface area contributed by atoms with Crippen LogP contribution in [0, 0.1) is 0 Å². The van der Waals surface area contributed by atoms with E-state index >= 15 is 0 Å². The number of carbonyl (C=O) groups is 2. The number of hydrogen-bond acceptors (Lipinski definition) is 4. The fraction of sp³-hybridized carbons (Fsp3) is 0.360. The lowest BCUT2D eigenvalue weighted by atomic mass is 9.99. The van der Waals surface area contributed by atoms with Crippen molar-refractivity contribution in [2.24, 2.45) is 0 Å². The van der Waals surface area contributed by atoms with E-state index < -0.39 is 11.9 Å². The van der Waals surface area contributed by atoms with Crippen LogP contribution in [0.4, 0.5) is 0 Å². The van der Waals surface area contributed by atoms with E-state index in [1.54, 1.807) is 0 Å². The molecule has 31 heavy (non-hydrogen) atoms. The van der Waals surface area contributed by atoms with Gasteiger partial charge in [0.1, 0.15) is 0 Å². The largest absolute Gasteiger partial charge is 0.478 e. The molecule has 6 nitrogen and oxygen atoms in total. The normalized spacial score (nSPS) is 14.9. The van der Waals surface area contributed by atoms with Gasteiger partial charge in [0.15, 0.2) is 0 Å². The third-order valence-electron chi connectivity index (χ3n) is 5.26. The first-order valence-electron chi connectivity index (χ1n) is 10.6. The molecule has 0 bridgehead atoms. The van der Waals surface area contributed by atoms with Crippen LogP contribution in [0.5, 0.6) is 0 Å². The molecular weight excluding hydrogens is 392 g/mol. The van der Waals surface area contributed by atoms with E-state index in [1.165, 1.54) is 42.9 Å². The molecule has 0 radical (unpaired) electrons. The van der Waals surface area contributed by atoms with E-state index in [2.05, 4.69) is 78.2 Å². The van der Waals surface area contributed by atoms with Crippen molar-refractivity contribution in [1.82, 2.24) is 9.80 Å². The number of carboxylic acid groups (broad SMARTS) is 2. The lowest BCUT2D eigenvalue weighted by Crippen LogP contribution is -2.48. The smallest absolute Gasteiger partial charge is 0.328 e. The number of benzene rings is 2. The van der Waals surface area contributed by atoms with E-state index in [4.69, 9.17) is 10.2 Å². The summed E-state index contributed by atoms with van der Waals surface area (Å²) in [6, 6.07) is 20.4. The van der Waals surface area contributed by atoms with Gasteiger partial charge in [-0.2, -0.15) is 0 Å². The Labute approximate surface area is 184 Å². The summed E-state index contributed by atoms with van der Waals surface area (Å²) in [4.78, 5) is 24.3. The molecule has 6 heteroatoms. The van der Waals surface area contributed by atoms with Gasteiger partial charge in [-0.25, -0.2) is 9.59 Å². The molecule has 1 fully saturated rings. The standard InChI is InChI=1S/C21H28N2.C4H4O4/c1-18(2)23-14-12-22(13-15-23)17-21-11-7-6-10-20(21)16-19-8-4-3-5-9-19;5-3(6)1-2-4(7)8/h3-11,18H,12-17H2,1-2H3;1-2H,(H,5,6)(H,7,8)/b;2-1+. The minimum atomic E-state index is -1.26. The van der Waals surface area contributed by atoms with E-state index in [0.29, 0.717) is 18.2 Å². The van der Waals surface area contributed by atoms with Crippen molar-refractivity contribution in [3.8, 4) is 0 Å². The molecule has 3 rings (SSSR count). The maximum absolute atomic E-state index is 9.55. The zero-order valence-corrected chi connectivity index (χ0v) is 18.3. The third-order valence-corrected chi connectivity index (χ3v) is 5.26. The maximum Gasteiger partial charge on any atom is 0.328 e. The highest BCUT2D eigenvalue weighted by molar-refractivity contribution is 5.89. The van der Waals surface area contributed by atoms with E-state index in [0.717, 1.165) is 13.0 Å². The van der Waals surface area contributed by atoms with Crippen molar-refractivity contribution >= 4 is 11.9 Å². The monoisotopic (exact) mass is 424 g/mol. The number of rotatable bonds is 7. The highest BCUT2D eigenvalue weighted by atomic mass is 16.4. The molecule has 2 aromatic carbocycles. The summed E-state index contributed by atoms with van der Waals surface area (Å²) < 4.78 is 0. The van der Waals surface area contributed by atoms with Crippen molar-refractivity contribution < 1.29 is 19.8 Å². The first-order valence-corrected chi connectivity index (χ1v) is 10.6. The molecule has 0 atom stereocenters. The van der Waals surface area contributed by atoms with Crippen molar-refractivity contribution in [3.63, 3.8) is 0 Å². The summed E-state index contributed by atoms with van der Waals surface area (Å²) >= 11 is 0. The number of carboxylic acids is 2. The van der Waals surface area contributed by atoms with E-state index in [9.17, 15) is 9.59 Å². The van der Waals surface area contributed by atoms with Gasteiger partial charge in [-0.1, -0.05) is 54.6 Å². The first kappa shape index (κ1) is 24.3. The molecule has 1 heterocycles. The summed E-state index contributed by atoms with van der Waals surface area (Å²) in [5.41, 5.74) is 4.34. The second kappa shape index (κ2) is 12.7. The molecule has 166 valence electrons. The van der Waals surface area contributed by atoms with Crippen LogP contribution in [0.3, 0.4) is 0 Å². The summed E-state index contributed by atoms with van der Waals surface area (Å²) in [6.07, 6.45) is 2.15. The number of piperazine rings is 1. The van der Waals surface area contributed by atoms with Gasteiger partial charge in [-0.3, -0.25) is 9.80 Å². The van der Waals surface area contributed by atoms with Gasteiger partial charge in [0.25, 0.3) is 0 Å². The molecule has 0 aliphatic carbocycles. The predicted molar refractivity (Wildman–Crippen MR) is 122 cm³/mol. The van der Waals surface area contributed by atoms with Crippen molar-refractivity contribution in [3.05, 3.63) is 83.4 Å². The highest BCUT2D eigenvalue weighted by Crippen LogP contribution is 2.17.